The van der Waals surface area contributed by atoms with Crippen LogP contribution in [0, 0.1) is 0 Å². The van der Waals surface area contributed by atoms with Crippen molar-refractivity contribution in [3.63, 3.8) is 0 Å². The van der Waals surface area contributed by atoms with Crippen LogP contribution in [0.3, 0.4) is 0 Å². The summed E-state index contributed by atoms with van der Waals surface area (Å²) in [6.07, 6.45) is 4.48. The summed E-state index contributed by atoms with van der Waals surface area (Å²) >= 11 is 7.97. The first kappa shape index (κ1) is 16.8. The summed E-state index contributed by atoms with van der Waals surface area (Å²) in [6.45, 7) is 2.74. The summed E-state index contributed by atoms with van der Waals surface area (Å²) in [5.41, 5.74) is 2.34. The van der Waals surface area contributed by atoms with Gasteiger partial charge in [0.05, 0.1) is 5.39 Å². The third kappa shape index (κ3) is 3.24. The third-order valence-corrected chi connectivity index (χ3v) is 6.46. The summed E-state index contributed by atoms with van der Waals surface area (Å²) < 4.78 is 0. The number of nitrogens with one attached hydrogen (secondary N) is 1. The fourth-order valence-corrected chi connectivity index (χ4v) is 5.15. The maximum Gasteiger partial charge on any atom is 0.260 e. The lowest BCUT2D eigenvalue weighted by Gasteiger charge is -2.12. The average molecular weight is 375 g/mol. The molecule has 0 saturated carbocycles. The van der Waals surface area contributed by atoms with Gasteiger partial charge in [-0.1, -0.05) is 29.8 Å². The zero-order chi connectivity index (χ0) is 17.4. The molecule has 1 aromatic carbocycles. The molecule has 3 N–H and O–H groups in total. The topological polar surface area (TPSA) is 62.4 Å². The van der Waals surface area contributed by atoms with Crippen molar-refractivity contribution in [2.75, 3.05) is 0 Å². The van der Waals surface area contributed by atoms with Gasteiger partial charge in [0.25, 0.3) is 5.56 Å². The number of thiophene rings is 1. The summed E-state index contributed by atoms with van der Waals surface area (Å²) in [6, 6.07) is 8.07. The van der Waals surface area contributed by atoms with Gasteiger partial charge >= 0.3 is 0 Å². The van der Waals surface area contributed by atoms with E-state index in [1.807, 2.05) is 24.3 Å². The van der Waals surface area contributed by atoms with Crippen molar-refractivity contribution in [2.45, 2.75) is 45.2 Å². The molecule has 0 fully saturated rings. The second-order valence-corrected chi connectivity index (χ2v) is 8.14. The number of hydrogen-bond donors (Lipinski definition) is 2. The van der Waals surface area contributed by atoms with E-state index in [-0.39, 0.29) is 11.6 Å². The molecule has 4 nitrogen and oxygen atoms in total. The lowest BCUT2D eigenvalue weighted by molar-refractivity contribution is -0.708. The Hall–Kier alpha value is -1.69. The number of halogens is 1. The zero-order valence-corrected chi connectivity index (χ0v) is 15.7. The van der Waals surface area contributed by atoms with Crippen molar-refractivity contribution in [3.8, 4) is 0 Å². The van der Waals surface area contributed by atoms with Gasteiger partial charge in [-0.2, -0.15) is 0 Å². The second kappa shape index (κ2) is 6.90. The van der Waals surface area contributed by atoms with Crippen molar-refractivity contribution >= 4 is 33.2 Å². The Morgan fingerprint density at radius 2 is 2.12 bits per heavy atom. The molecule has 0 amide bonds. The van der Waals surface area contributed by atoms with E-state index in [1.165, 1.54) is 23.3 Å². The highest BCUT2D eigenvalue weighted by Gasteiger charge is 2.20. The summed E-state index contributed by atoms with van der Waals surface area (Å²) in [5, 5.41) is 3.75. The van der Waals surface area contributed by atoms with Crippen LogP contribution in [-0.2, 0) is 19.4 Å². The van der Waals surface area contributed by atoms with Crippen LogP contribution in [0.25, 0.3) is 10.2 Å². The highest BCUT2D eigenvalue weighted by Crippen LogP contribution is 2.33. The third-order valence-electron chi connectivity index (χ3n) is 4.93. The number of H-pyrrole nitrogens is 1. The van der Waals surface area contributed by atoms with Crippen LogP contribution < -0.4 is 10.9 Å². The van der Waals surface area contributed by atoms with Crippen LogP contribution in [0.1, 0.15) is 47.6 Å². The van der Waals surface area contributed by atoms with Gasteiger partial charge in [0.2, 0.25) is 0 Å². The molecule has 0 unspecified atom stereocenters. The first-order valence-electron chi connectivity index (χ1n) is 8.74. The molecule has 0 aliphatic heterocycles. The van der Waals surface area contributed by atoms with E-state index in [1.54, 1.807) is 11.3 Å². The van der Waals surface area contributed by atoms with Crippen molar-refractivity contribution in [3.05, 3.63) is 61.5 Å². The first-order chi connectivity index (χ1) is 12.1. The van der Waals surface area contributed by atoms with E-state index >= 15 is 0 Å². The highest BCUT2D eigenvalue weighted by molar-refractivity contribution is 7.18. The molecule has 2 heterocycles. The van der Waals surface area contributed by atoms with Crippen LogP contribution in [-0.4, -0.2) is 9.97 Å². The van der Waals surface area contributed by atoms with Gasteiger partial charge in [-0.05, 0) is 44.2 Å². The summed E-state index contributed by atoms with van der Waals surface area (Å²) in [5.74, 6) is 0.731. The number of aryl methyl sites for hydroxylation is 2. The Bertz CT molecular complexity index is 978. The maximum absolute atomic E-state index is 12.6. The Kier molecular flexibility index (Phi) is 4.63. The van der Waals surface area contributed by atoms with Crippen molar-refractivity contribution in [1.29, 1.82) is 0 Å². The predicted molar refractivity (Wildman–Crippen MR) is 102 cm³/mol. The van der Waals surface area contributed by atoms with Crippen molar-refractivity contribution < 1.29 is 5.32 Å². The molecule has 4 rings (SSSR count). The molecule has 0 radical (unpaired) electrons. The fourth-order valence-electron chi connectivity index (χ4n) is 3.56. The minimum absolute atomic E-state index is 0.0122. The van der Waals surface area contributed by atoms with Gasteiger partial charge in [0.1, 0.15) is 17.4 Å². The van der Waals surface area contributed by atoms with E-state index in [0.717, 1.165) is 39.5 Å². The Morgan fingerprint density at radius 3 is 2.96 bits per heavy atom. The number of aromatic nitrogens is 2. The molecular formula is C19H21ClN3OS+. The molecule has 0 saturated heterocycles. The fraction of sp³-hybridized carbons (Fsp3) is 0.368. The number of fused-ring (bicyclic) bond motifs is 3. The molecule has 0 bridgehead atoms. The van der Waals surface area contributed by atoms with Crippen LogP contribution in [0.15, 0.2) is 29.1 Å². The Morgan fingerprint density at radius 1 is 1.32 bits per heavy atom. The Labute approximate surface area is 155 Å². The van der Waals surface area contributed by atoms with Gasteiger partial charge in [0.15, 0.2) is 5.82 Å². The number of hydrogen-bond acceptors (Lipinski definition) is 3. The molecule has 1 aliphatic carbocycles. The lowest BCUT2D eigenvalue weighted by atomic mass is 9.97. The summed E-state index contributed by atoms with van der Waals surface area (Å²) in [4.78, 5) is 22.5. The van der Waals surface area contributed by atoms with Gasteiger partial charge < -0.3 is 10.3 Å². The smallest absolute Gasteiger partial charge is 0.260 e. The normalized spacial score (nSPS) is 15.3. The van der Waals surface area contributed by atoms with Crippen LogP contribution in [0.5, 0.6) is 0 Å². The quantitative estimate of drug-likeness (QED) is 0.735. The molecular weight excluding hydrogens is 354 g/mol. The zero-order valence-electron chi connectivity index (χ0n) is 14.1. The number of nitrogens with zero attached hydrogens (tertiary/aromatic N) is 1. The molecule has 6 heteroatoms. The molecule has 1 aliphatic rings. The number of quaternary nitrogens is 1. The summed E-state index contributed by atoms with van der Waals surface area (Å²) in [7, 11) is 0. The number of benzene rings is 1. The van der Waals surface area contributed by atoms with E-state index in [9.17, 15) is 4.79 Å². The monoisotopic (exact) mass is 374 g/mol. The minimum atomic E-state index is 0.0122. The molecule has 2 aromatic heterocycles. The van der Waals surface area contributed by atoms with Crippen molar-refractivity contribution in [1.82, 2.24) is 9.97 Å². The number of rotatable bonds is 4. The van der Waals surface area contributed by atoms with Gasteiger partial charge in [-0.15, -0.1) is 11.3 Å². The van der Waals surface area contributed by atoms with E-state index in [2.05, 4.69) is 17.2 Å². The van der Waals surface area contributed by atoms with Crippen LogP contribution in [0.4, 0.5) is 0 Å². The number of nitrogens with two attached hydrogens (primary N) is 1. The first-order valence-corrected chi connectivity index (χ1v) is 9.94. The minimum Gasteiger partial charge on any atom is -0.334 e. The SMILES string of the molecule is C[C@H]([NH2+]Cc1nc2sc3c(c2c(=O)[nH]1)CCCC3)c1ccccc1Cl. The largest absolute Gasteiger partial charge is 0.334 e. The maximum atomic E-state index is 12.6. The second-order valence-electron chi connectivity index (χ2n) is 6.65. The Balaban J connectivity index is 1.58. The molecule has 130 valence electrons. The van der Waals surface area contributed by atoms with Gasteiger partial charge in [-0.25, -0.2) is 4.98 Å². The predicted octanol–water partition coefficient (Wildman–Crippen LogP) is 3.34. The van der Waals surface area contributed by atoms with Crippen LogP contribution >= 0.6 is 22.9 Å². The standard InChI is InChI=1S/C19H20ClN3OS/c1-11(12-6-2-4-8-14(12)20)21-10-16-22-18(24)17-13-7-3-5-9-15(13)25-19(17)23-16/h2,4,6,8,11,21H,3,5,7,9-10H2,1H3,(H,22,23,24)/p+1/t11-/m0/s1. The molecule has 1 atom stereocenters. The van der Waals surface area contributed by atoms with Gasteiger partial charge in [-0.3, -0.25) is 4.79 Å². The van der Waals surface area contributed by atoms with E-state index in [0.29, 0.717) is 6.54 Å². The van der Waals surface area contributed by atoms with E-state index < -0.39 is 0 Å². The van der Waals surface area contributed by atoms with Crippen molar-refractivity contribution in [2.24, 2.45) is 0 Å². The van der Waals surface area contributed by atoms with Gasteiger partial charge in [0, 0.05) is 15.5 Å². The molecule has 0 spiro atoms. The average Bonchev–Trinajstić information content (AvgIpc) is 2.99. The lowest BCUT2D eigenvalue weighted by Crippen LogP contribution is -2.83. The molecule has 3 aromatic rings. The van der Waals surface area contributed by atoms with E-state index in [4.69, 9.17) is 16.6 Å². The van der Waals surface area contributed by atoms with Crippen LogP contribution in [0.2, 0.25) is 5.02 Å². The highest BCUT2D eigenvalue weighted by atomic mass is 35.5. The molecule has 25 heavy (non-hydrogen) atoms. The number of aromatic amines is 1.